The molecule has 0 saturated heterocycles. The number of halogens is 1. The van der Waals surface area contributed by atoms with E-state index < -0.39 is 0 Å². The summed E-state index contributed by atoms with van der Waals surface area (Å²) in [4.78, 5) is 0. The van der Waals surface area contributed by atoms with E-state index in [0.717, 1.165) is 38.7 Å². The summed E-state index contributed by atoms with van der Waals surface area (Å²) in [7, 11) is 2.04. The fourth-order valence-corrected chi connectivity index (χ4v) is 8.84. The van der Waals surface area contributed by atoms with Crippen molar-refractivity contribution >= 4 is 45.8 Å². The first-order valence-electron chi connectivity index (χ1n) is 12.9. The third kappa shape index (κ3) is 3.34. The van der Waals surface area contributed by atoms with Gasteiger partial charge in [0.15, 0.2) is 0 Å². The van der Waals surface area contributed by atoms with Crippen molar-refractivity contribution < 1.29 is 13.4 Å². The molecule has 0 radical (unpaired) electrons. The van der Waals surface area contributed by atoms with Crippen LogP contribution in [0.3, 0.4) is 0 Å². The predicted octanol–water partition coefficient (Wildman–Crippen LogP) is 6.49. The third-order valence-electron chi connectivity index (χ3n) is 8.00. The van der Waals surface area contributed by atoms with Crippen LogP contribution in [-0.2, 0) is 12.5 Å². The van der Waals surface area contributed by atoms with Crippen molar-refractivity contribution in [2.75, 3.05) is 0 Å². The number of nitrogens with zero attached hydrogens (tertiary/aromatic N) is 1. The van der Waals surface area contributed by atoms with Crippen molar-refractivity contribution in [2.45, 2.75) is 26.2 Å². The summed E-state index contributed by atoms with van der Waals surface area (Å²) in [5.74, 6) is -0.264. The molecule has 0 amide bonds. The monoisotopic (exact) mass is 564 g/mol. The van der Waals surface area contributed by atoms with Crippen molar-refractivity contribution in [1.82, 2.24) is 0 Å². The molecular weight excluding hydrogens is 536 g/mol. The van der Waals surface area contributed by atoms with Gasteiger partial charge in [-0.25, -0.2) is 0 Å². The first kappa shape index (κ1) is 23.4. The molecule has 0 saturated carbocycles. The van der Waals surface area contributed by atoms with Gasteiger partial charge in [0.1, 0.15) is 0 Å². The van der Waals surface area contributed by atoms with Gasteiger partial charge in [-0.3, -0.25) is 0 Å². The summed E-state index contributed by atoms with van der Waals surface area (Å²) >= 11 is 0.224. The van der Waals surface area contributed by atoms with Crippen molar-refractivity contribution in [1.29, 1.82) is 0 Å². The molecule has 2 nitrogen and oxygen atoms in total. The van der Waals surface area contributed by atoms with Gasteiger partial charge < -0.3 is 0 Å². The second-order valence-electron chi connectivity index (χ2n) is 10.7. The molecule has 0 spiro atoms. The Morgan fingerprint density at radius 1 is 0.763 bits per heavy atom. The van der Waals surface area contributed by atoms with Crippen LogP contribution in [0.2, 0.25) is 0 Å². The number of pyridine rings is 1. The Morgan fingerprint density at radius 2 is 1.47 bits per heavy atom. The molecule has 38 heavy (non-hydrogen) atoms. The maximum absolute atomic E-state index is 15.7. The zero-order valence-electron chi connectivity index (χ0n) is 21.8. The second-order valence-corrected chi connectivity index (χ2v) is 12.9. The molecule has 0 bridgehead atoms. The van der Waals surface area contributed by atoms with E-state index in [0.29, 0.717) is 11.1 Å². The van der Waals surface area contributed by atoms with Crippen molar-refractivity contribution in [3.63, 3.8) is 0 Å². The number of hydrogen-bond acceptors (Lipinski definition) is 1. The summed E-state index contributed by atoms with van der Waals surface area (Å²) < 4.78 is 27.2. The van der Waals surface area contributed by atoms with Crippen LogP contribution in [0.4, 0.5) is 4.39 Å². The standard InChI is InChI=1S/C34H27FNOSe/c1-20-12-14-22-23-15-16-26(35)31(33(23)37-32(22)30(20)27-10-7-8-18-36(27)4)21-13-17-29-25(19-21)34(2,3)24-9-5-6-11-28(24)38-29/h5-19H,1-4H3/q+1. The van der Waals surface area contributed by atoms with Crippen molar-refractivity contribution in [3.8, 4) is 22.4 Å². The normalized spacial score (nSPS) is 14.0. The Balaban J connectivity index is 1.48. The number of furan rings is 1. The van der Waals surface area contributed by atoms with Gasteiger partial charge in [-0.05, 0) is 0 Å². The van der Waals surface area contributed by atoms with E-state index in [4.69, 9.17) is 4.42 Å². The molecule has 4 heteroatoms. The van der Waals surface area contributed by atoms with E-state index >= 15 is 4.39 Å². The first-order chi connectivity index (χ1) is 18.3. The van der Waals surface area contributed by atoms with E-state index in [1.54, 1.807) is 6.07 Å². The molecule has 1 aliphatic heterocycles. The zero-order valence-corrected chi connectivity index (χ0v) is 23.5. The Bertz CT molecular complexity index is 1920. The molecular formula is C34H27FNOSe+. The van der Waals surface area contributed by atoms with Gasteiger partial charge in [-0.2, -0.15) is 0 Å². The molecule has 0 atom stereocenters. The predicted molar refractivity (Wildman–Crippen MR) is 154 cm³/mol. The summed E-state index contributed by atoms with van der Waals surface area (Å²) in [6.45, 7) is 6.65. The molecule has 2 aromatic heterocycles. The van der Waals surface area contributed by atoms with E-state index in [2.05, 4.69) is 86.0 Å². The van der Waals surface area contributed by atoms with E-state index in [-0.39, 0.29) is 26.2 Å². The van der Waals surface area contributed by atoms with Crippen LogP contribution in [0.15, 0.2) is 95.5 Å². The van der Waals surface area contributed by atoms with Crippen LogP contribution in [-0.4, -0.2) is 15.0 Å². The fourth-order valence-electron chi connectivity index (χ4n) is 5.95. The Labute approximate surface area is 227 Å². The summed E-state index contributed by atoms with van der Waals surface area (Å²) in [6.07, 6.45) is 2.04. The Hall–Kier alpha value is -3.72. The molecule has 4 aromatic carbocycles. The van der Waals surface area contributed by atoms with Crippen molar-refractivity contribution in [3.05, 3.63) is 114 Å². The minimum absolute atomic E-state index is 0.160. The van der Waals surface area contributed by atoms with Crippen LogP contribution < -0.4 is 13.5 Å². The maximum atomic E-state index is 15.7. The van der Waals surface area contributed by atoms with Gasteiger partial charge in [-0.1, -0.05) is 0 Å². The number of benzene rings is 4. The SMILES string of the molecule is Cc1ccc2c(oc3c(-c4ccc5c(c4)C(C)(C)c4ccccc4[Se]5)c(F)ccc32)c1-c1cccc[n+]1C. The second kappa shape index (κ2) is 8.39. The van der Waals surface area contributed by atoms with Crippen LogP contribution in [0.5, 0.6) is 0 Å². The van der Waals surface area contributed by atoms with Crippen LogP contribution in [0, 0.1) is 12.7 Å². The topological polar surface area (TPSA) is 17.0 Å². The van der Waals surface area contributed by atoms with E-state index in [9.17, 15) is 0 Å². The van der Waals surface area contributed by atoms with E-state index in [1.165, 1.54) is 20.1 Å². The van der Waals surface area contributed by atoms with Gasteiger partial charge in [-0.15, -0.1) is 0 Å². The number of hydrogen-bond donors (Lipinski definition) is 0. The Kier molecular flexibility index (Phi) is 5.17. The molecule has 3 heterocycles. The quantitative estimate of drug-likeness (QED) is 0.174. The zero-order chi connectivity index (χ0) is 26.2. The average Bonchev–Trinajstić information content (AvgIpc) is 3.28. The number of aryl methyl sites for hydroxylation is 2. The van der Waals surface area contributed by atoms with E-state index in [1.807, 2.05) is 31.4 Å². The summed E-state index contributed by atoms with van der Waals surface area (Å²) in [6, 6.07) is 29.0. The summed E-state index contributed by atoms with van der Waals surface area (Å²) in [5.41, 5.74) is 8.49. The number of fused-ring (bicyclic) bond motifs is 5. The molecule has 6 aromatic rings. The van der Waals surface area contributed by atoms with Crippen LogP contribution in [0.25, 0.3) is 44.3 Å². The minimum atomic E-state index is -0.264. The van der Waals surface area contributed by atoms with Gasteiger partial charge in [0.2, 0.25) is 0 Å². The molecule has 7 rings (SSSR count). The molecule has 0 N–H and O–H groups in total. The van der Waals surface area contributed by atoms with Gasteiger partial charge in [0.25, 0.3) is 0 Å². The molecule has 186 valence electrons. The fraction of sp³-hybridized carbons (Fsp3) is 0.147. The molecule has 0 aliphatic carbocycles. The Morgan fingerprint density at radius 3 is 2.29 bits per heavy atom. The third-order valence-corrected chi connectivity index (χ3v) is 10.4. The van der Waals surface area contributed by atoms with Crippen LogP contribution >= 0.6 is 0 Å². The van der Waals surface area contributed by atoms with Crippen molar-refractivity contribution in [2.24, 2.45) is 7.05 Å². The summed E-state index contributed by atoms with van der Waals surface area (Å²) in [5, 5.41) is 1.93. The molecule has 0 fully saturated rings. The van der Waals surface area contributed by atoms with Crippen LogP contribution in [0.1, 0.15) is 30.5 Å². The van der Waals surface area contributed by atoms with Gasteiger partial charge >= 0.3 is 222 Å². The molecule has 1 aliphatic rings. The van der Waals surface area contributed by atoms with Gasteiger partial charge in [0, 0.05) is 6.07 Å². The number of aromatic nitrogens is 1. The first-order valence-corrected chi connectivity index (χ1v) is 14.6. The molecule has 0 unspecified atom stereocenters. The number of rotatable bonds is 2. The average molecular weight is 564 g/mol. The van der Waals surface area contributed by atoms with Gasteiger partial charge in [0.05, 0.1) is 0 Å².